The largest absolute Gasteiger partial charge is 0.309 e. The highest BCUT2D eigenvalue weighted by Gasteiger charge is 2.45. The van der Waals surface area contributed by atoms with Crippen molar-refractivity contribution in [3.05, 3.63) is 261 Å². The first-order chi connectivity index (χ1) is 31.8. The number of benzene rings is 11. The molecule has 0 N–H and O–H groups in total. The van der Waals surface area contributed by atoms with E-state index >= 15 is 0 Å². The molecule has 302 valence electrons. The zero-order valence-electron chi connectivity index (χ0n) is 35.2. The van der Waals surface area contributed by atoms with Crippen LogP contribution in [0.15, 0.2) is 280 Å². The highest BCUT2D eigenvalue weighted by atomic mass is 32.3. The van der Waals surface area contributed by atoms with Gasteiger partial charge >= 0.3 is 0 Å². The van der Waals surface area contributed by atoms with Crippen LogP contribution in [0.1, 0.15) is 0 Å². The van der Waals surface area contributed by atoms with Crippen LogP contribution in [0, 0.1) is 0 Å². The Morgan fingerprint density at radius 2 is 0.734 bits per heavy atom. The quantitative estimate of drug-likeness (QED) is 0.147. The summed E-state index contributed by atoms with van der Waals surface area (Å²) < 4.78 is 0. The van der Waals surface area contributed by atoms with E-state index < -0.39 is 10.0 Å². The molecule has 0 amide bonds. The summed E-state index contributed by atoms with van der Waals surface area (Å²) in [6, 6.07) is 96.5. The van der Waals surface area contributed by atoms with Gasteiger partial charge in [0.05, 0.1) is 5.69 Å². The van der Waals surface area contributed by atoms with Gasteiger partial charge in [0.1, 0.15) is 0 Å². The lowest BCUT2D eigenvalue weighted by molar-refractivity contribution is 1.23. The monoisotopic (exact) mass is 833 g/mol. The van der Waals surface area contributed by atoms with Gasteiger partial charge in [-0.05, 0) is 121 Å². The summed E-state index contributed by atoms with van der Waals surface area (Å²) in [7, 11) is -2.02. The minimum absolute atomic E-state index is 1.10. The van der Waals surface area contributed by atoms with E-state index in [2.05, 4.69) is 266 Å². The molecule has 0 bridgehead atoms. The molecule has 12 rings (SSSR count). The van der Waals surface area contributed by atoms with Gasteiger partial charge in [-0.25, -0.2) is 0 Å². The molecule has 0 radical (unpaired) electrons. The van der Waals surface area contributed by atoms with Gasteiger partial charge in [-0.3, -0.25) is 0 Å². The number of hydrogen-bond donors (Lipinski definition) is 0. The van der Waals surface area contributed by atoms with Crippen molar-refractivity contribution in [2.24, 2.45) is 0 Å². The number of nitrogens with zero attached hydrogens (tertiary/aromatic N) is 1. The van der Waals surface area contributed by atoms with Gasteiger partial charge in [0.25, 0.3) is 0 Å². The number of hydrogen-bond acceptors (Lipinski definition) is 1. The summed E-state index contributed by atoms with van der Waals surface area (Å²) in [6.07, 6.45) is 0. The van der Waals surface area contributed by atoms with Crippen molar-refractivity contribution >= 4 is 48.6 Å². The number of anilines is 3. The van der Waals surface area contributed by atoms with E-state index in [-0.39, 0.29) is 0 Å². The smallest absolute Gasteiger partial charge is 0.0676 e. The summed E-state index contributed by atoms with van der Waals surface area (Å²) in [4.78, 5) is 7.94. The summed E-state index contributed by atoms with van der Waals surface area (Å²) in [5.41, 5.74) is 13.3. The van der Waals surface area contributed by atoms with Crippen molar-refractivity contribution < 1.29 is 0 Å². The van der Waals surface area contributed by atoms with Crippen LogP contribution in [0.3, 0.4) is 0 Å². The van der Waals surface area contributed by atoms with Gasteiger partial charge in [0, 0.05) is 36.3 Å². The van der Waals surface area contributed by atoms with Crippen LogP contribution < -0.4 is 4.90 Å². The second-order valence-electron chi connectivity index (χ2n) is 16.4. The predicted octanol–water partition coefficient (Wildman–Crippen LogP) is 17.8. The Bertz CT molecular complexity index is 3410. The second-order valence-corrected chi connectivity index (χ2v) is 19.4. The Kier molecular flexibility index (Phi) is 9.32. The lowest BCUT2D eigenvalue weighted by atomic mass is 9.91. The van der Waals surface area contributed by atoms with Crippen molar-refractivity contribution in [3.8, 4) is 44.5 Å². The van der Waals surface area contributed by atoms with E-state index in [1.807, 2.05) is 0 Å². The third kappa shape index (κ3) is 6.10. The fraction of sp³-hybridized carbons (Fsp3) is 0. The molecule has 11 aromatic carbocycles. The van der Waals surface area contributed by atoms with Crippen molar-refractivity contribution in [2.75, 3.05) is 4.90 Å². The van der Waals surface area contributed by atoms with E-state index in [1.54, 1.807) is 0 Å². The predicted molar refractivity (Wildman–Crippen MR) is 271 cm³/mol. The minimum Gasteiger partial charge on any atom is -0.309 e. The summed E-state index contributed by atoms with van der Waals surface area (Å²) in [5, 5.41) is 4.93. The zero-order chi connectivity index (χ0) is 42.5. The van der Waals surface area contributed by atoms with Crippen molar-refractivity contribution in [1.29, 1.82) is 0 Å². The molecule has 0 unspecified atom stereocenters. The molecule has 0 spiro atoms. The van der Waals surface area contributed by atoms with E-state index in [0.717, 1.165) is 11.4 Å². The maximum atomic E-state index is 2.55. The van der Waals surface area contributed by atoms with Gasteiger partial charge in [-0.15, -0.1) is 10.0 Å². The van der Waals surface area contributed by atoms with Crippen LogP contribution in [-0.2, 0) is 0 Å². The normalized spacial score (nSPS) is 13.0. The molecule has 1 heterocycles. The van der Waals surface area contributed by atoms with Crippen LogP contribution in [0.2, 0.25) is 0 Å². The fourth-order valence-electron chi connectivity index (χ4n) is 10.1. The summed E-state index contributed by atoms with van der Waals surface area (Å²) in [5.74, 6) is 0. The average molecular weight is 834 g/mol. The third-order valence-electron chi connectivity index (χ3n) is 12.9. The van der Waals surface area contributed by atoms with Gasteiger partial charge in [-0.2, -0.15) is 0 Å². The lowest BCUT2D eigenvalue weighted by Crippen LogP contribution is -2.14. The zero-order valence-corrected chi connectivity index (χ0v) is 36.0. The van der Waals surface area contributed by atoms with Crippen LogP contribution in [0.5, 0.6) is 0 Å². The summed E-state index contributed by atoms with van der Waals surface area (Å²) in [6.45, 7) is 0. The van der Waals surface area contributed by atoms with Crippen LogP contribution in [0.4, 0.5) is 17.1 Å². The molecular weight excluding hydrogens is 791 g/mol. The standard InChI is InChI=1S/C62H43NS/c1-5-19-44(20-6-1)45-35-39-50(40-36-45)63(51-41-37-47(38-42-51)55-33-18-25-48-24-17-32-54(60(48)55)46-21-7-2-8-22-46)61-56-30-14-13-23-49(56)43-58-57-31-15-16-34-59(57)64(62(58)61,52-26-9-3-10-27-52)53-28-11-4-12-29-53/h1-43H. The van der Waals surface area contributed by atoms with Gasteiger partial charge in [0.15, 0.2) is 0 Å². The Morgan fingerprint density at radius 3 is 1.34 bits per heavy atom. The first-order valence-electron chi connectivity index (χ1n) is 22.0. The topological polar surface area (TPSA) is 3.24 Å². The van der Waals surface area contributed by atoms with E-state index in [0.29, 0.717) is 0 Å². The van der Waals surface area contributed by atoms with Crippen molar-refractivity contribution in [3.63, 3.8) is 0 Å². The average Bonchev–Trinajstić information content (AvgIpc) is 3.68. The molecule has 0 saturated carbocycles. The molecule has 0 fully saturated rings. The molecule has 1 aliphatic rings. The molecule has 11 aromatic rings. The maximum Gasteiger partial charge on any atom is 0.0676 e. The van der Waals surface area contributed by atoms with Crippen molar-refractivity contribution in [2.45, 2.75) is 19.6 Å². The third-order valence-corrected chi connectivity index (χ3v) is 16.9. The molecular formula is C62H43NS. The van der Waals surface area contributed by atoms with Crippen LogP contribution in [-0.4, -0.2) is 0 Å². The number of fused-ring (bicyclic) bond motifs is 5. The Balaban J connectivity index is 1.15. The van der Waals surface area contributed by atoms with Gasteiger partial charge in [-0.1, -0.05) is 200 Å². The molecule has 0 saturated heterocycles. The first kappa shape index (κ1) is 37.8. The van der Waals surface area contributed by atoms with Crippen molar-refractivity contribution in [1.82, 2.24) is 0 Å². The molecule has 64 heavy (non-hydrogen) atoms. The molecule has 0 aliphatic carbocycles. The van der Waals surface area contributed by atoms with E-state index in [1.165, 1.54) is 91.3 Å². The Hall–Kier alpha value is -7.91. The highest BCUT2D eigenvalue weighted by molar-refractivity contribution is 8.34. The fourth-order valence-corrected chi connectivity index (χ4v) is 14.4. The molecule has 2 heteroatoms. The highest BCUT2D eigenvalue weighted by Crippen LogP contribution is 2.82. The molecule has 0 atom stereocenters. The Morgan fingerprint density at radius 1 is 0.297 bits per heavy atom. The lowest BCUT2D eigenvalue weighted by Gasteiger charge is -2.42. The van der Waals surface area contributed by atoms with Crippen LogP contribution >= 0.6 is 10.0 Å². The SMILES string of the molecule is c1ccc(-c2ccc(N(c3ccc(-c4cccc5cccc(-c6ccccc6)c45)cc3)c3c4c(cc5ccccc35)-c3ccccc3S4(c3ccccc3)c3ccccc3)cc2)cc1. The maximum absolute atomic E-state index is 2.55. The number of rotatable bonds is 8. The van der Waals surface area contributed by atoms with E-state index in [9.17, 15) is 0 Å². The second kappa shape index (κ2) is 15.8. The van der Waals surface area contributed by atoms with Gasteiger partial charge < -0.3 is 4.90 Å². The minimum atomic E-state index is -2.02. The first-order valence-corrected chi connectivity index (χ1v) is 23.6. The van der Waals surface area contributed by atoms with Gasteiger partial charge in [0.2, 0.25) is 0 Å². The van der Waals surface area contributed by atoms with E-state index in [4.69, 9.17) is 0 Å². The summed E-state index contributed by atoms with van der Waals surface area (Å²) >= 11 is 0. The Labute approximate surface area is 376 Å². The molecule has 1 aliphatic heterocycles. The van der Waals surface area contributed by atoms with Crippen LogP contribution in [0.25, 0.3) is 66.1 Å². The molecule has 1 nitrogen and oxygen atoms in total. The molecule has 0 aromatic heterocycles.